The number of hydrogen-bond acceptors (Lipinski definition) is 5. The number of hydrogen-bond donors (Lipinski definition) is 0. The van der Waals surface area contributed by atoms with E-state index >= 15 is 0 Å². The van der Waals surface area contributed by atoms with Crippen LogP contribution in [-0.2, 0) is 4.79 Å². The molecule has 1 saturated heterocycles. The van der Waals surface area contributed by atoms with Crippen molar-refractivity contribution in [1.29, 1.82) is 0 Å². The minimum absolute atomic E-state index is 0.00831. The number of amides is 2. The van der Waals surface area contributed by atoms with Crippen molar-refractivity contribution in [3.05, 3.63) is 18.0 Å². The van der Waals surface area contributed by atoms with Gasteiger partial charge in [-0.25, -0.2) is 9.97 Å². The predicted molar refractivity (Wildman–Crippen MR) is 88.4 cm³/mol. The van der Waals surface area contributed by atoms with E-state index in [2.05, 4.69) is 23.8 Å². The second-order valence-corrected chi connectivity index (χ2v) is 5.69. The summed E-state index contributed by atoms with van der Waals surface area (Å²) in [4.78, 5) is 37.5. The lowest BCUT2D eigenvalue weighted by atomic mass is 10.2. The fourth-order valence-corrected chi connectivity index (χ4v) is 2.66. The third-order valence-electron chi connectivity index (χ3n) is 3.91. The highest BCUT2D eigenvalue weighted by Gasteiger charge is 2.19. The molecule has 0 spiro atoms. The van der Waals surface area contributed by atoms with Crippen LogP contribution in [0.1, 0.15) is 37.0 Å². The first kappa shape index (κ1) is 17.2. The van der Waals surface area contributed by atoms with Crippen molar-refractivity contribution in [3.63, 3.8) is 0 Å². The van der Waals surface area contributed by atoms with Gasteiger partial charge in [-0.1, -0.05) is 13.8 Å². The fraction of sp³-hybridized carbons (Fsp3) is 0.625. The molecule has 0 saturated carbocycles. The first-order valence-electron chi connectivity index (χ1n) is 8.25. The highest BCUT2D eigenvalue weighted by Crippen LogP contribution is 2.12. The monoisotopic (exact) mass is 319 g/mol. The lowest BCUT2D eigenvalue weighted by molar-refractivity contribution is -0.118. The molecule has 0 aliphatic carbocycles. The molecule has 1 aromatic heterocycles. The van der Waals surface area contributed by atoms with E-state index in [0.29, 0.717) is 37.7 Å². The summed E-state index contributed by atoms with van der Waals surface area (Å²) in [5.74, 6) is 0.607. The molecule has 0 bridgehead atoms. The van der Waals surface area contributed by atoms with E-state index in [1.54, 1.807) is 17.3 Å². The molecule has 2 rings (SSSR count). The molecule has 1 aromatic rings. The van der Waals surface area contributed by atoms with E-state index in [0.717, 1.165) is 32.3 Å². The van der Waals surface area contributed by atoms with Crippen molar-refractivity contribution in [1.82, 2.24) is 19.8 Å². The van der Waals surface area contributed by atoms with Gasteiger partial charge in [-0.15, -0.1) is 0 Å². The fourth-order valence-electron chi connectivity index (χ4n) is 2.66. The van der Waals surface area contributed by atoms with Crippen LogP contribution in [0.5, 0.6) is 0 Å². The van der Waals surface area contributed by atoms with E-state index in [9.17, 15) is 9.59 Å². The van der Waals surface area contributed by atoms with E-state index < -0.39 is 0 Å². The molecule has 0 atom stereocenters. The second kappa shape index (κ2) is 8.45. The zero-order valence-electron chi connectivity index (χ0n) is 13.9. The Bertz CT molecular complexity index is 506. The van der Waals surface area contributed by atoms with Crippen LogP contribution in [0.4, 0.5) is 5.95 Å². The number of aromatic nitrogens is 2. The molecule has 2 amide bonds. The van der Waals surface area contributed by atoms with Gasteiger partial charge in [-0.2, -0.15) is 0 Å². The van der Waals surface area contributed by atoms with Crippen LogP contribution < -0.4 is 4.90 Å². The van der Waals surface area contributed by atoms with E-state index in [4.69, 9.17) is 0 Å². The van der Waals surface area contributed by atoms with Gasteiger partial charge in [-0.05, 0) is 12.8 Å². The first-order chi connectivity index (χ1) is 11.2. The molecule has 126 valence electrons. The Kier molecular flexibility index (Phi) is 6.31. The molecule has 0 radical (unpaired) electrons. The van der Waals surface area contributed by atoms with E-state index in [1.807, 2.05) is 9.80 Å². The lowest BCUT2D eigenvalue weighted by Crippen LogP contribution is -2.46. The smallest absolute Gasteiger partial charge is 0.256 e. The minimum atomic E-state index is -0.00831. The summed E-state index contributed by atoms with van der Waals surface area (Å²) < 4.78 is 0. The summed E-state index contributed by atoms with van der Waals surface area (Å²) in [7, 11) is 0. The Balaban J connectivity index is 2.01. The van der Waals surface area contributed by atoms with Crippen LogP contribution in [0.25, 0.3) is 0 Å². The third-order valence-corrected chi connectivity index (χ3v) is 3.91. The summed E-state index contributed by atoms with van der Waals surface area (Å²) >= 11 is 0. The number of anilines is 1. The van der Waals surface area contributed by atoms with Gasteiger partial charge in [0.2, 0.25) is 12.4 Å². The van der Waals surface area contributed by atoms with Gasteiger partial charge < -0.3 is 14.7 Å². The maximum atomic E-state index is 12.5. The van der Waals surface area contributed by atoms with Gasteiger partial charge in [0.15, 0.2) is 0 Å². The Labute approximate surface area is 137 Å². The SMILES string of the molecule is CCCN(CCC)C(=O)c1cnc(N2CCN(C=O)CC2)nc1. The van der Waals surface area contributed by atoms with Gasteiger partial charge in [-0.3, -0.25) is 9.59 Å². The van der Waals surface area contributed by atoms with Crippen molar-refractivity contribution < 1.29 is 9.59 Å². The summed E-state index contributed by atoms with van der Waals surface area (Å²) in [5, 5.41) is 0. The molecule has 7 nitrogen and oxygen atoms in total. The summed E-state index contributed by atoms with van der Waals surface area (Å²) in [6.45, 7) is 8.41. The van der Waals surface area contributed by atoms with Crippen LogP contribution in [-0.4, -0.2) is 71.4 Å². The molecule has 23 heavy (non-hydrogen) atoms. The van der Waals surface area contributed by atoms with Crippen molar-refractivity contribution >= 4 is 18.3 Å². The lowest BCUT2D eigenvalue weighted by Gasteiger charge is -2.32. The second-order valence-electron chi connectivity index (χ2n) is 5.69. The molecule has 0 N–H and O–H groups in total. The van der Waals surface area contributed by atoms with Gasteiger partial charge in [0, 0.05) is 51.7 Å². The highest BCUT2D eigenvalue weighted by atomic mass is 16.2. The number of piperazine rings is 1. The topological polar surface area (TPSA) is 69.6 Å². The Morgan fingerprint density at radius 1 is 1.13 bits per heavy atom. The third kappa shape index (κ3) is 4.40. The molecule has 2 heterocycles. The van der Waals surface area contributed by atoms with Crippen molar-refractivity contribution in [2.75, 3.05) is 44.2 Å². The van der Waals surface area contributed by atoms with Crippen molar-refractivity contribution in [2.24, 2.45) is 0 Å². The Hall–Kier alpha value is -2.18. The average Bonchev–Trinajstić information content (AvgIpc) is 2.61. The normalized spacial score (nSPS) is 14.7. The number of nitrogens with zero attached hydrogens (tertiary/aromatic N) is 5. The van der Waals surface area contributed by atoms with Crippen LogP contribution in [0, 0.1) is 0 Å². The Morgan fingerprint density at radius 3 is 2.17 bits per heavy atom. The molecule has 1 aliphatic heterocycles. The molecule has 1 aliphatic rings. The molecule has 0 aromatic carbocycles. The van der Waals surface area contributed by atoms with Crippen molar-refractivity contribution in [2.45, 2.75) is 26.7 Å². The number of rotatable bonds is 7. The molecule has 7 heteroatoms. The molecular formula is C16H25N5O2. The zero-order valence-corrected chi connectivity index (χ0v) is 13.9. The van der Waals surface area contributed by atoms with Crippen LogP contribution in [0.2, 0.25) is 0 Å². The van der Waals surface area contributed by atoms with Crippen LogP contribution in [0.3, 0.4) is 0 Å². The van der Waals surface area contributed by atoms with E-state index in [1.165, 1.54) is 0 Å². The highest BCUT2D eigenvalue weighted by molar-refractivity contribution is 5.93. The predicted octanol–water partition coefficient (Wildman–Crippen LogP) is 1.02. The maximum Gasteiger partial charge on any atom is 0.256 e. The van der Waals surface area contributed by atoms with Gasteiger partial charge in [0.05, 0.1) is 5.56 Å². The van der Waals surface area contributed by atoms with Crippen LogP contribution in [0.15, 0.2) is 12.4 Å². The molecular weight excluding hydrogens is 294 g/mol. The Morgan fingerprint density at radius 2 is 1.70 bits per heavy atom. The van der Waals surface area contributed by atoms with Gasteiger partial charge >= 0.3 is 0 Å². The van der Waals surface area contributed by atoms with E-state index in [-0.39, 0.29) is 5.91 Å². The summed E-state index contributed by atoms with van der Waals surface area (Å²) in [6.07, 6.45) is 5.96. The van der Waals surface area contributed by atoms with Crippen LogP contribution >= 0.6 is 0 Å². The van der Waals surface area contributed by atoms with Gasteiger partial charge in [0.25, 0.3) is 5.91 Å². The largest absolute Gasteiger partial charge is 0.342 e. The number of carbonyl (C=O) groups is 2. The maximum absolute atomic E-state index is 12.5. The molecule has 1 fully saturated rings. The quantitative estimate of drug-likeness (QED) is 0.702. The number of carbonyl (C=O) groups excluding carboxylic acids is 2. The first-order valence-corrected chi connectivity index (χ1v) is 8.25. The zero-order chi connectivity index (χ0) is 16.7. The molecule has 0 unspecified atom stereocenters. The van der Waals surface area contributed by atoms with Crippen molar-refractivity contribution in [3.8, 4) is 0 Å². The van der Waals surface area contributed by atoms with Gasteiger partial charge in [0.1, 0.15) is 0 Å². The average molecular weight is 319 g/mol. The standard InChI is InChI=1S/C16H25N5O2/c1-3-5-20(6-4-2)15(23)14-11-17-16(18-12-14)21-9-7-19(13-22)8-10-21/h11-13H,3-10H2,1-2H3. The summed E-state index contributed by atoms with van der Waals surface area (Å²) in [5.41, 5.74) is 0.530. The minimum Gasteiger partial charge on any atom is -0.342 e. The summed E-state index contributed by atoms with van der Waals surface area (Å²) in [6, 6.07) is 0.